The summed E-state index contributed by atoms with van der Waals surface area (Å²) in [6, 6.07) is 0. The zero-order valence-electron chi connectivity index (χ0n) is 13.6. The highest BCUT2D eigenvalue weighted by Gasteiger charge is 2.54. The van der Waals surface area contributed by atoms with Crippen LogP contribution in [0.5, 0.6) is 0 Å². The minimum absolute atomic E-state index is 0.368. The smallest absolute Gasteiger partial charge is 0.405 e. The van der Waals surface area contributed by atoms with Crippen LogP contribution in [0, 0.1) is 23.2 Å². The second kappa shape index (κ2) is 5.95. The first-order chi connectivity index (χ1) is 10.3. The molecule has 0 radical (unpaired) electrons. The Kier molecular flexibility index (Phi) is 4.81. The largest absolute Gasteiger partial charge is 0.454 e. The van der Waals surface area contributed by atoms with Gasteiger partial charge < -0.3 is 4.74 Å². The van der Waals surface area contributed by atoms with E-state index in [1.54, 1.807) is 6.92 Å². The maximum atomic E-state index is 13.5. The molecule has 0 spiro atoms. The second-order valence-electron chi connectivity index (χ2n) is 7.60. The molecule has 3 atom stereocenters. The molecule has 0 heterocycles. The number of carbonyl (C=O) groups excluding carboxylic acids is 1. The van der Waals surface area contributed by atoms with Crippen molar-refractivity contribution in [1.29, 1.82) is 0 Å². The van der Waals surface area contributed by atoms with E-state index in [-0.39, 0.29) is 0 Å². The molecule has 2 rings (SSSR count). The molecule has 0 aromatic rings. The van der Waals surface area contributed by atoms with E-state index in [1.165, 1.54) is 0 Å². The number of ether oxygens (including phenoxy) is 1. The summed E-state index contributed by atoms with van der Waals surface area (Å²) >= 11 is 0. The van der Waals surface area contributed by atoms with Gasteiger partial charge in [-0.25, -0.2) is 0 Å². The molecule has 23 heavy (non-hydrogen) atoms. The summed E-state index contributed by atoms with van der Waals surface area (Å²) in [6.45, 7) is 4.65. The van der Waals surface area contributed by atoms with Gasteiger partial charge in [-0.2, -0.15) is 17.2 Å². The number of carbonyl (C=O) groups is 1. The molecule has 2 bridgehead atoms. The van der Waals surface area contributed by atoms with Crippen LogP contribution in [0.3, 0.4) is 0 Å². The maximum Gasteiger partial charge on any atom is 0.405 e. The molecule has 8 heteroatoms. The number of fused-ring (bicyclic) bond motifs is 2. The Morgan fingerprint density at radius 1 is 1.26 bits per heavy atom. The van der Waals surface area contributed by atoms with Gasteiger partial charge in [-0.3, -0.25) is 9.35 Å². The number of halogens is 2. The fourth-order valence-corrected chi connectivity index (χ4v) is 4.80. The van der Waals surface area contributed by atoms with E-state index >= 15 is 0 Å². The molecule has 0 amide bonds. The van der Waals surface area contributed by atoms with Crippen LogP contribution in [0.4, 0.5) is 8.78 Å². The van der Waals surface area contributed by atoms with Gasteiger partial charge >= 0.3 is 21.3 Å². The Morgan fingerprint density at radius 3 is 2.17 bits per heavy atom. The fourth-order valence-electron chi connectivity index (χ4n) is 4.34. The molecule has 5 nitrogen and oxygen atoms in total. The molecule has 2 saturated carbocycles. The second-order valence-corrected chi connectivity index (χ2v) is 9.09. The SMILES string of the molecule is CC1CC2CC(C1)CC(C)(C(=O)OC(C)C(F)(F)S(=O)(=O)O)C2. The molecular weight excluding hydrogens is 330 g/mol. The fraction of sp³-hybridized carbons (Fsp3) is 0.933. The van der Waals surface area contributed by atoms with Gasteiger partial charge in [0.2, 0.25) is 0 Å². The van der Waals surface area contributed by atoms with Crippen molar-refractivity contribution in [1.82, 2.24) is 0 Å². The summed E-state index contributed by atoms with van der Waals surface area (Å²) in [5, 5.41) is -4.52. The molecule has 2 fully saturated rings. The average molecular weight is 354 g/mol. The molecule has 2 aliphatic rings. The molecule has 0 aromatic carbocycles. The third-order valence-corrected chi connectivity index (χ3v) is 6.23. The summed E-state index contributed by atoms with van der Waals surface area (Å²) in [5.74, 6) is 0.527. The quantitative estimate of drug-likeness (QED) is 0.619. The van der Waals surface area contributed by atoms with Gasteiger partial charge in [0.25, 0.3) is 0 Å². The third-order valence-electron chi connectivity index (χ3n) is 5.21. The van der Waals surface area contributed by atoms with Crippen LogP contribution >= 0.6 is 0 Å². The van der Waals surface area contributed by atoms with Crippen LogP contribution in [-0.4, -0.2) is 30.3 Å². The molecular formula is C15H24F2O5S. The maximum absolute atomic E-state index is 13.5. The van der Waals surface area contributed by atoms with Crippen molar-refractivity contribution in [2.75, 3.05) is 0 Å². The highest BCUT2D eigenvalue weighted by molar-refractivity contribution is 7.86. The van der Waals surface area contributed by atoms with E-state index in [0.717, 1.165) is 26.2 Å². The summed E-state index contributed by atoms with van der Waals surface area (Å²) in [7, 11) is -5.63. The summed E-state index contributed by atoms with van der Waals surface area (Å²) in [6.07, 6.45) is 1.96. The Balaban J connectivity index is 2.09. The van der Waals surface area contributed by atoms with Gasteiger partial charge in [0, 0.05) is 0 Å². The predicted molar refractivity (Wildman–Crippen MR) is 79.4 cm³/mol. The van der Waals surface area contributed by atoms with Crippen LogP contribution < -0.4 is 0 Å². The van der Waals surface area contributed by atoms with Crippen LogP contribution in [0.15, 0.2) is 0 Å². The van der Waals surface area contributed by atoms with Crippen molar-refractivity contribution in [3.8, 4) is 0 Å². The lowest BCUT2D eigenvalue weighted by molar-refractivity contribution is -0.176. The molecule has 134 valence electrons. The van der Waals surface area contributed by atoms with Crippen LogP contribution in [0.2, 0.25) is 0 Å². The number of hydrogen-bond donors (Lipinski definition) is 1. The van der Waals surface area contributed by atoms with E-state index < -0.39 is 32.9 Å². The van der Waals surface area contributed by atoms with Crippen LogP contribution in [-0.2, 0) is 19.6 Å². The third kappa shape index (κ3) is 3.68. The molecule has 0 aliphatic heterocycles. The van der Waals surface area contributed by atoms with Crippen molar-refractivity contribution in [3.05, 3.63) is 0 Å². The average Bonchev–Trinajstić information content (AvgIpc) is 2.35. The van der Waals surface area contributed by atoms with Gasteiger partial charge in [-0.05, 0) is 63.7 Å². The van der Waals surface area contributed by atoms with Crippen molar-refractivity contribution in [3.63, 3.8) is 0 Å². The first-order valence-electron chi connectivity index (χ1n) is 7.91. The highest BCUT2D eigenvalue weighted by Crippen LogP contribution is 2.51. The van der Waals surface area contributed by atoms with E-state index in [0.29, 0.717) is 30.6 Å². The van der Waals surface area contributed by atoms with Crippen LogP contribution in [0.25, 0.3) is 0 Å². The number of hydrogen-bond acceptors (Lipinski definition) is 4. The van der Waals surface area contributed by atoms with Crippen molar-refractivity contribution in [2.24, 2.45) is 23.2 Å². The number of alkyl halides is 2. The summed E-state index contributed by atoms with van der Waals surface area (Å²) < 4.78 is 61.9. The topological polar surface area (TPSA) is 80.7 Å². The minimum atomic E-state index is -5.63. The Labute approximate surface area is 135 Å². The van der Waals surface area contributed by atoms with Gasteiger partial charge in [-0.1, -0.05) is 6.92 Å². The van der Waals surface area contributed by atoms with Crippen molar-refractivity contribution < 1.29 is 31.3 Å². The van der Waals surface area contributed by atoms with E-state index in [2.05, 4.69) is 6.92 Å². The molecule has 0 saturated heterocycles. The zero-order chi connectivity index (χ0) is 17.6. The first-order valence-corrected chi connectivity index (χ1v) is 9.35. The van der Waals surface area contributed by atoms with Crippen molar-refractivity contribution in [2.45, 2.75) is 64.2 Å². The number of esters is 1. The lowest BCUT2D eigenvalue weighted by Gasteiger charge is -2.46. The predicted octanol–water partition coefficient (Wildman–Crippen LogP) is 3.25. The van der Waals surface area contributed by atoms with E-state index in [4.69, 9.17) is 9.29 Å². The summed E-state index contributed by atoms with van der Waals surface area (Å²) in [5.41, 5.74) is -0.878. The zero-order valence-corrected chi connectivity index (χ0v) is 14.4. The van der Waals surface area contributed by atoms with Gasteiger partial charge in [0.15, 0.2) is 6.10 Å². The first kappa shape index (κ1) is 18.6. The van der Waals surface area contributed by atoms with E-state index in [1.807, 2.05) is 0 Å². The van der Waals surface area contributed by atoms with E-state index in [9.17, 15) is 22.0 Å². The van der Waals surface area contributed by atoms with Gasteiger partial charge in [-0.15, -0.1) is 0 Å². The normalized spacial score (nSPS) is 36.3. The molecule has 3 unspecified atom stereocenters. The molecule has 2 aliphatic carbocycles. The van der Waals surface area contributed by atoms with Crippen molar-refractivity contribution >= 4 is 16.1 Å². The lowest BCUT2D eigenvalue weighted by atomic mass is 9.59. The lowest BCUT2D eigenvalue weighted by Crippen LogP contribution is -2.47. The summed E-state index contributed by atoms with van der Waals surface area (Å²) in [4.78, 5) is 12.4. The monoisotopic (exact) mass is 354 g/mol. The number of rotatable bonds is 4. The highest BCUT2D eigenvalue weighted by atomic mass is 32.2. The minimum Gasteiger partial charge on any atom is -0.454 e. The van der Waals surface area contributed by atoms with Crippen LogP contribution in [0.1, 0.15) is 52.9 Å². The van der Waals surface area contributed by atoms with Gasteiger partial charge in [0.05, 0.1) is 5.41 Å². The van der Waals surface area contributed by atoms with Gasteiger partial charge in [0.1, 0.15) is 0 Å². The standard InChI is InChI=1S/C15H24F2O5S/c1-9-4-11-6-12(5-9)8-14(3,7-11)13(18)22-10(2)15(16,17)23(19,20)21/h9-12H,4-8H2,1-3H3,(H,19,20,21). The Morgan fingerprint density at radius 2 is 1.74 bits per heavy atom. The Hall–Kier alpha value is -0.760. The molecule has 1 N–H and O–H groups in total. The Bertz CT molecular complexity index is 556. The molecule has 0 aromatic heterocycles.